The topological polar surface area (TPSA) is 82.2 Å². The van der Waals surface area contributed by atoms with Crippen LogP contribution in [0.5, 0.6) is 0 Å². The fraction of sp³-hybridized carbons (Fsp3) is 0.333. The van der Waals surface area contributed by atoms with Gasteiger partial charge in [0.25, 0.3) is 11.5 Å². The second kappa shape index (κ2) is 9.12. The number of pyridine rings is 1. The van der Waals surface area contributed by atoms with Crippen LogP contribution in [0.3, 0.4) is 0 Å². The summed E-state index contributed by atoms with van der Waals surface area (Å²) in [7, 11) is 0. The summed E-state index contributed by atoms with van der Waals surface area (Å²) >= 11 is 0. The summed E-state index contributed by atoms with van der Waals surface area (Å²) in [6, 6.07) is 13.3. The van der Waals surface area contributed by atoms with E-state index in [1.807, 2.05) is 48.2 Å². The van der Waals surface area contributed by atoms with E-state index in [2.05, 4.69) is 26.8 Å². The first kappa shape index (κ1) is 20.8. The molecule has 7 heteroatoms. The van der Waals surface area contributed by atoms with Gasteiger partial charge >= 0.3 is 0 Å². The zero-order chi connectivity index (χ0) is 21.8. The van der Waals surface area contributed by atoms with Gasteiger partial charge < -0.3 is 14.8 Å². The molecular formula is C24H27N5O2. The van der Waals surface area contributed by atoms with E-state index in [-0.39, 0.29) is 11.5 Å². The van der Waals surface area contributed by atoms with Crippen LogP contribution in [0.2, 0.25) is 0 Å². The summed E-state index contributed by atoms with van der Waals surface area (Å²) in [5.41, 5.74) is 3.35. The quantitative estimate of drug-likeness (QED) is 0.690. The Morgan fingerprint density at radius 3 is 2.35 bits per heavy atom. The highest BCUT2D eigenvalue weighted by Gasteiger charge is 2.23. The van der Waals surface area contributed by atoms with Crippen molar-refractivity contribution in [3.05, 3.63) is 75.8 Å². The predicted octanol–water partition coefficient (Wildman–Crippen LogP) is 2.92. The number of aromatic nitrogens is 3. The third-order valence-corrected chi connectivity index (χ3v) is 5.68. The van der Waals surface area contributed by atoms with Gasteiger partial charge in [-0.3, -0.25) is 9.59 Å². The number of H-pyrrole nitrogens is 1. The normalized spacial score (nSPS) is 14.0. The molecule has 0 spiro atoms. The molecule has 0 unspecified atom stereocenters. The van der Waals surface area contributed by atoms with E-state index in [9.17, 15) is 9.59 Å². The van der Waals surface area contributed by atoms with Gasteiger partial charge in [0.2, 0.25) is 0 Å². The van der Waals surface area contributed by atoms with Crippen LogP contribution < -0.4 is 10.5 Å². The summed E-state index contributed by atoms with van der Waals surface area (Å²) in [5.74, 6) is 1.47. The summed E-state index contributed by atoms with van der Waals surface area (Å²) in [4.78, 5) is 40.5. The van der Waals surface area contributed by atoms with Crippen molar-refractivity contribution in [3.63, 3.8) is 0 Å². The van der Waals surface area contributed by atoms with E-state index < -0.39 is 0 Å². The fourth-order valence-electron chi connectivity index (χ4n) is 3.74. The van der Waals surface area contributed by atoms with E-state index in [4.69, 9.17) is 0 Å². The smallest absolute Gasteiger partial charge is 0.253 e. The predicted molar refractivity (Wildman–Crippen MR) is 121 cm³/mol. The summed E-state index contributed by atoms with van der Waals surface area (Å²) in [5, 5.41) is 0. The molecule has 31 heavy (non-hydrogen) atoms. The molecule has 7 nitrogen and oxygen atoms in total. The van der Waals surface area contributed by atoms with Gasteiger partial charge in [0.1, 0.15) is 11.6 Å². The molecule has 1 fully saturated rings. The second-order valence-corrected chi connectivity index (χ2v) is 7.67. The van der Waals surface area contributed by atoms with Crippen molar-refractivity contribution in [2.75, 3.05) is 31.1 Å². The number of aryl methyl sites for hydroxylation is 2. The third kappa shape index (κ3) is 4.66. The number of carbonyl (C=O) groups excluding carboxylic acids is 1. The van der Waals surface area contributed by atoms with Crippen molar-refractivity contribution in [2.24, 2.45) is 0 Å². The van der Waals surface area contributed by atoms with Gasteiger partial charge in [-0.1, -0.05) is 26.0 Å². The van der Waals surface area contributed by atoms with Crippen LogP contribution in [0.4, 0.5) is 5.82 Å². The number of hydrogen-bond acceptors (Lipinski definition) is 5. The van der Waals surface area contributed by atoms with Gasteiger partial charge in [0.15, 0.2) is 0 Å². The Labute approximate surface area is 181 Å². The molecule has 1 aromatic carbocycles. The number of hydrogen-bond donors (Lipinski definition) is 1. The Hall–Kier alpha value is -3.48. The zero-order valence-electron chi connectivity index (χ0n) is 18.0. The highest BCUT2D eigenvalue weighted by atomic mass is 16.2. The minimum atomic E-state index is -0.156. The number of aromatic amines is 1. The Kier molecular flexibility index (Phi) is 6.11. The number of nitrogens with zero attached hydrogens (tertiary/aromatic N) is 4. The lowest BCUT2D eigenvalue weighted by atomic mass is 10.1. The first-order valence-electron chi connectivity index (χ1n) is 10.8. The molecule has 0 saturated carbocycles. The molecule has 1 aliphatic rings. The molecule has 3 aromatic rings. The van der Waals surface area contributed by atoms with Gasteiger partial charge in [0, 0.05) is 55.3 Å². The first-order chi connectivity index (χ1) is 15.1. The van der Waals surface area contributed by atoms with Crippen LogP contribution >= 0.6 is 0 Å². The lowest BCUT2D eigenvalue weighted by Crippen LogP contribution is -2.49. The number of benzene rings is 1. The van der Waals surface area contributed by atoms with Crippen LogP contribution in [-0.2, 0) is 12.8 Å². The average molecular weight is 418 g/mol. The summed E-state index contributed by atoms with van der Waals surface area (Å²) in [6.45, 7) is 6.85. The lowest BCUT2D eigenvalue weighted by molar-refractivity contribution is 0.0746. The van der Waals surface area contributed by atoms with Gasteiger partial charge in [0.05, 0.1) is 0 Å². The fourth-order valence-corrected chi connectivity index (χ4v) is 3.74. The lowest BCUT2D eigenvalue weighted by Gasteiger charge is -2.35. The molecule has 0 aliphatic carbocycles. The maximum atomic E-state index is 12.8. The van der Waals surface area contributed by atoms with E-state index in [0.717, 1.165) is 42.1 Å². The standard InChI is InChI=1S/C24H27N5O2/c1-3-17-5-7-18(8-6-17)24(31)29-13-11-28(12-14-29)21-10-9-19(16-25-21)23-26-20(4-2)15-22(30)27-23/h5-10,15-16H,3-4,11-14H2,1-2H3,(H,26,27,30). The van der Waals surface area contributed by atoms with Crippen molar-refractivity contribution in [1.82, 2.24) is 19.9 Å². The minimum absolute atomic E-state index is 0.0800. The van der Waals surface area contributed by atoms with Crippen molar-refractivity contribution in [2.45, 2.75) is 26.7 Å². The Balaban J connectivity index is 1.40. The van der Waals surface area contributed by atoms with E-state index in [0.29, 0.717) is 25.3 Å². The SMILES string of the molecule is CCc1ccc(C(=O)N2CCN(c3ccc(-c4nc(CC)cc(=O)[nH]4)cn3)CC2)cc1. The van der Waals surface area contributed by atoms with Crippen molar-refractivity contribution in [1.29, 1.82) is 0 Å². The molecule has 1 aliphatic heterocycles. The number of carbonyl (C=O) groups is 1. The Morgan fingerprint density at radius 2 is 1.74 bits per heavy atom. The van der Waals surface area contributed by atoms with E-state index in [1.165, 1.54) is 11.6 Å². The molecule has 0 bridgehead atoms. The number of anilines is 1. The third-order valence-electron chi connectivity index (χ3n) is 5.68. The van der Waals surface area contributed by atoms with Gasteiger partial charge in [-0.25, -0.2) is 9.97 Å². The molecule has 2 aromatic heterocycles. The molecule has 0 atom stereocenters. The van der Waals surface area contributed by atoms with Crippen LogP contribution in [0, 0.1) is 0 Å². The molecule has 4 rings (SSSR count). The Morgan fingerprint density at radius 1 is 1.00 bits per heavy atom. The zero-order valence-corrected chi connectivity index (χ0v) is 18.0. The van der Waals surface area contributed by atoms with Crippen molar-refractivity contribution < 1.29 is 4.79 Å². The van der Waals surface area contributed by atoms with E-state index >= 15 is 0 Å². The summed E-state index contributed by atoms with van der Waals surface area (Å²) < 4.78 is 0. The number of piperazine rings is 1. The van der Waals surface area contributed by atoms with E-state index in [1.54, 1.807) is 6.20 Å². The van der Waals surface area contributed by atoms with Crippen LogP contribution in [0.1, 0.15) is 35.5 Å². The van der Waals surface area contributed by atoms with Gasteiger partial charge in [-0.2, -0.15) is 0 Å². The molecule has 3 heterocycles. The maximum Gasteiger partial charge on any atom is 0.253 e. The van der Waals surface area contributed by atoms with Crippen LogP contribution in [-0.4, -0.2) is 51.9 Å². The van der Waals surface area contributed by atoms with Crippen molar-refractivity contribution >= 4 is 11.7 Å². The van der Waals surface area contributed by atoms with Crippen LogP contribution in [0.15, 0.2) is 53.5 Å². The second-order valence-electron chi connectivity index (χ2n) is 7.67. The number of rotatable bonds is 5. The van der Waals surface area contributed by atoms with Crippen molar-refractivity contribution in [3.8, 4) is 11.4 Å². The first-order valence-corrected chi connectivity index (χ1v) is 10.8. The highest BCUT2D eigenvalue weighted by molar-refractivity contribution is 5.94. The number of nitrogens with one attached hydrogen (secondary N) is 1. The summed E-state index contributed by atoms with van der Waals surface area (Å²) in [6.07, 6.45) is 3.41. The molecule has 1 amide bonds. The maximum absolute atomic E-state index is 12.8. The average Bonchev–Trinajstić information content (AvgIpc) is 2.83. The van der Waals surface area contributed by atoms with Gasteiger partial charge in [-0.15, -0.1) is 0 Å². The molecule has 1 saturated heterocycles. The molecule has 160 valence electrons. The minimum Gasteiger partial charge on any atom is -0.353 e. The monoisotopic (exact) mass is 417 g/mol. The Bertz CT molecular complexity index is 1100. The molecule has 0 radical (unpaired) electrons. The highest BCUT2D eigenvalue weighted by Crippen LogP contribution is 2.19. The van der Waals surface area contributed by atoms with Crippen LogP contribution in [0.25, 0.3) is 11.4 Å². The van der Waals surface area contributed by atoms with Gasteiger partial charge in [-0.05, 0) is 42.7 Å². The largest absolute Gasteiger partial charge is 0.353 e. The molecular weight excluding hydrogens is 390 g/mol. The molecule has 1 N–H and O–H groups in total. The number of amides is 1.